The van der Waals surface area contributed by atoms with Crippen LogP contribution < -0.4 is 0 Å². The predicted octanol–water partition coefficient (Wildman–Crippen LogP) is 2.59. The van der Waals surface area contributed by atoms with E-state index in [-0.39, 0.29) is 10.9 Å². The van der Waals surface area contributed by atoms with Crippen LogP contribution in [0.3, 0.4) is 0 Å². The van der Waals surface area contributed by atoms with E-state index in [9.17, 15) is 8.42 Å². The molecule has 1 saturated heterocycles. The van der Waals surface area contributed by atoms with Crippen molar-refractivity contribution in [1.29, 1.82) is 0 Å². The average molecular weight is 411 g/mol. The zero-order valence-corrected chi connectivity index (χ0v) is 16.7. The number of hydrogen-bond acceptors (Lipinski definition) is 7. The number of sulfonamides is 1. The van der Waals surface area contributed by atoms with Crippen LogP contribution in [0.2, 0.25) is 5.02 Å². The fourth-order valence-corrected chi connectivity index (χ4v) is 5.17. The summed E-state index contributed by atoms with van der Waals surface area (Å²) in [6.07, 6.45) is 0. The van der Waals surface area contributed by atoms with Crippen LogP contribution in [0.1, 0.15) is 17.1 Å². The van der Waals surface area contributed by atoms with E-state index < -0.39 is 10.0 Å². The van der Waals surface area contributed by atoms with Crippen LogP contribution in [0.5, 0.6) is 0 Å². The van der Waals surface area contributed by atoms with Crippen molar-refractivity contribution < 1.29 is 17.5 Å². The van der Waals surface area contributed by atoms with Gasteiger partial charge in [0.15, 0.2) is 11.3 Å². The van der Waals surface area contributed by atoms with Crippen molar-refractivity contribution in [3.8, 4) is 0 Å². The van der Waals surface area contributed by atoms with Crippen LogP contribution in [0, 0.1) is 13.8 Å². The van der Waals surface area contributed by atoms with Gasteiger partial charge in [-0.3, -0.25) is 4.90 Å². The molecule has 2 aromatic heterocycles. The molecule has 1 aromatic carbocycles. The van der Waals surface area contributed by atoms with E-state index in [1.807, 2.05) is 6.07 Å². The molecule has 0 atom stereocenters. The summed E-state index contributed by atoms with van der Waals surface area (Å²) in [5.41, 5.74) is 1.85. The maximum Gasteiger partial charge on any atom is 0.248 e. The number of likely N-dealkylation sites (N-methyl/N-ethyl adjacent to an activating group) is 1. The van der Waals surface area contributed by atoms with Gasteiger partial charge < -0.3 is 9.05 Å². The molecule has 0 unspecified atom stereocenters. The lowest BCUT2D eigenvalue weighted by molar-refractivity contribution is 0.0810. The third-order valence-corrected chi connectivity index (χ3v) is 7.33. The summed E-state index contributed by atoms with van der Waals surface area (Å²) in [4.78, 5) is 2.27. The minimum atomic E-state index is -3.64. The van der Waals surface area contributed by atoms with Crippen LogP contribution in [-0.4, -0.2) is 54.1 Å². The molecule has 0 radical (unpaired) electrons. The maximum absolute atomic E-state index is 12.9. The molecular weight excluding hydrogens is 392 g/mol. The molecule has 4 rings (SSSR count). The Labute approximate surface area is 161 Å². The molecule has 1 aliphatic rings. The second-order valence-corrected chi connectivity index (χ2v) is 9.16. The van der Waals surface area contributed by atoms with Crippen molar-refractivity contribution in [2.24, 2.45) is 0 Å². The van der Waals surface area contributed by atoms with Gasteiger partial charge in [-0.05, 0) is 32.0 Å². The third-order valence-electron chi connectivity index (χ3n) is 4.94. The SMILES string of the molecule is Cc1noc(C)c1S(=O)(=O)N(C)C1CN(Cc2noc3ccc(Cl)cc23)C1. The molecular formula is C17H19ClN4O4S. The van der Waals surface area contributed by atoms with Gasteiger partial charge in [-0.1, -0.05) is 21.9 Å². The highest BCUT2D eigenvalue weighted by molar-refractivity contribution is 7.89. The molecule has 8 nitrogen and oxygen atoms in total. The Morgan fingerprint density at radius 2 is 2.00 bits per heavy atom. The molecule has 0 amide bonds. The van der Waals surface area contributed by atoms with Crippen LogP contribution in [0.25, 0.3) is 11.0 Å². The molecule has 10 heteroatoms. The molecule has 0 N–H and O–H groups in total. The highest BCUT2D eigenvalue weighted by atomic mass is 35.5. The molecule has 1 fully saturated rings. The van der Waals surface area contributed by atoms with E-state index in [1.165, 1.54) is 4.31 Å². The molecule has 0 bridgehead atoms. The smallest absolute Gasteiger partial charge is 0.248 e. The summed E-state index contributed by atoms with van der Waals surface area (Å²) < 4.78 is 37.5. The topological polar surface area (TPSA) is 92.7 Å². The minimum Gasteiger partial charge on any atom is -0.360 e. The fourth-order valence-electron chi connectivity index (χ4n) is 3.37. The van der Waals surface area contributed by atoms with E-state index in [0.29, 0.717) is 41.7 Å². The Morgan fingerprint density at radius 3 is 2.67 bits per heavy atom. The van der Waals surface area contributed by atoms with Gasteiger partial charge in [0, 0.05) is 37.1 Å². The summed E-state index contributed by atoms with van der Waals surface area (Å²) in [5.74, 6) is 0.307. The fraction of sp³-hybridized carbons (Fsp3) is 0.412. The number of halogens is 1. The summed E-state index contributed by atoms with van der Waals surface area (Å²) >= 11 is 6.05. The zero-order chi connectivity index (χ0) is 19.3. The molecule has 0 saturated carbocycles. The Hall–Kier alpha value is -1.94. The van der Waals surface area contributed by atoms with E-state index in [1.54, 1.807) is 33.0 Å². The number of aromatic nitrogens is 2. The largest absolute Gasteiger partial charge is 0.360 e. The Kier molecular flexibility index (Phi) is 4.50. The molecule has 1 aliphatic heterocycles. The van der Waals surface area contributed by atoms with Crippen molar-refractivity contribution in [1.82, 2.24) is 19.5 Å². The number of aryl methyl sites for hydroxylation is 2. The van der Waals surface area contributed by atoms with Crippen molar-refractivity contribution >= 4 is 32.6 Å². The van der Waals surface area contributed by atoms with Crippen LogP contribution in [-0.2, 0) is 16.6 Å². The van der Waals surface area contributed by atoms with Crippen molar-refractivity contribution in [2.75, 3.05) is 20.1 Å². The van der Waals surface area contributed by atoms with E-state index in [2.05, 4.69) is 15.2 Å². The molecule has 27 heavy (non-hydrogen) atoms. The minimum absolute atomic E-state index is 0.120. The molecule has 3 aromatic rings. The Balaban J connectivity index is 1.45. The monoisotopic (exact) mass is 410 g/mol. The second-order valence-electron chi connectivity index (χ2n) is 6.79. The van der Waals surface area contributed by atoms with E-state index >= 15 is 0 Å². The van der Waals surface area contributed by atoms with Crippen molar-refractivity contribution in [3.05, 3.63) is 40.4 Å². The molecule has 0 aliphatic carbocycles. The lowest BCUT2D eigenvalue weighted by Gasteiger charge is -2.42. The molecule has 3 heterocycles. The number of likely N-dealkylation sites (tertiary alicyclic amines) is 1. The lowest BCUT2D eigenvalue weighted by Crippen LogP contribution is -2.59. The van der Waals surface area contributed by atoms with Gasteiger partial charge in [-0.25, -0.2) is 8.42 Å². The van der Waals surface area contributed by atoms with Gasteiger partial charge >= 0.3 is 0 Å². The summed E-state index contributed by atoms with van der Waals surface area (Å²) in [6, 6.07) is 5.25. The summed E-state index contributed by atoms with van der Waals surface area (Å²) in [5, 5.41) is 9.36. The first-order chi connectivity index (χ1) is 12.8. The van der Waals surface area contributed by atoms with Crippen molar-refractivity contribution in [3.63, 3.8) is 0 Å². The first-order valence-electron chi connectivity index (χ1n) is 8.44. The second kappa shape index (κ2) is 6.59. The van der Waals surface area contributed by atoms with Crippen LogP contribution in [0.15, 0.2) is 32.1 Å². The number of fused-ring (bicyclic) bond motifs is 1. The third kappa shape index (κ3) is 3.14. The normalized spacial score (nSPS) is 16.3. The number of hydrogen-bond donors (Lipinski definition) is 0. The molecule has 0 spiro atoms. The van der Waals surface area contributed by atoms with Gasteiger partial charge in [-0.2, -0.15) is 4.31 Å². The highest BCUT2D eigenvalue weighted by Crippen LogP contribution is 2.29. The summed E-state index contributed by atoms with van der Waals surface area (Å²) in [7, 11) is -2.05. The summed E-state index contributed by atoms with van der Waals surface area (Å²) in [6.45, 7) is 5.02. The number of rotatable bonds is 5. The van der Waals surface area contributed by atoms with E-state index in [0.717, 1.165) is 11.1 Å². The van der Waals surface area contributed by atoms with Crippen LogP contribution in [0.4, 0.5) is 0 Å². The predicted molar refractivity (Wildman–Crippen MR) is 99.0 cm³/mol. The lowest BCUT2D eigenvalue weighted by atomic mass is 10.1. The van der Waals surface area contributed by atoms with Gasteiger partial charge in [0.2, 0.25) is 10.0 Å². The van der Waals surface area contributed by atoms with Gasteiger partial charge in [0.1, 0.15) is 16.3 Å². The zero-order valence-electron chi connectivity index (χ0n) is 15.1. The van der Waals surface area contributed by atoms with Crippen molar-refractivity contribution in [2.45, 2.75) is 31.3 Å². The van der Waals surface area contributed by atoms with Gasteiger partial charge in [-0.15, -0.1) is 0 Å². The number of nitrogens with zero attached hydrogens (tertiary/aromatic N) is 4. The first kappa shape index (κ1) is 18.4. The molecule has 144 valence electrons. The average Bonchev–Trinajstić information content (AvgIpc) is 3.13. The Morgan fingerprint density at radius 1 is 1.26 bits per heavy atom. The van der Waals surface area contributed by atoms with Gasteiger partial charge in [0.25, 0.3) is 0 Å². The quantitative estimate of drug-likeness (QED) is 0.638. The maximum atomic E-state index is 12.9. The van der Waals surface area contributed by atoms with Crippen LogP contribution >= 0.6 is 11.6 Å². The standard InChI is InChI=1S/C17H19ClN4O4S/c1-10-17(11(2)25-19-10)27(23,24)21(3)13-7-22(8-13)9-15-14-6-12(18)4-5-16(14)26-20-15/h4-6,13H,7-9H2,1-3H3. The van der Waals surface area contributed by atoms with E-state index in [4.69, 9.17) is 20.6 Å². The highest BCUT2D eigenvalue weighted by Gasteiger charge is 2.39. The first-order valence-corrected chi connectivity index (χ1v) is 10.3. The van der Waals surface area contributed by atoms with Gasteiger partial charge in [0.05, 0.1) is 6.04 Å². The Bertz CT molecular complexity index is 1080. The number of benzene rings is 1.